The average molecular weight is 237 g/mol. The van der Waals surface area contributed by atoms with E-state index in [4.69, 9.17) is 19.9 Å². The Bertz CT molecular complexity index is 390. The summed E-state index contributed by atoms with van der Waals surface area (Å²) in [5, 5.41) is 0. The van der Waals surface area contributed by atoms with Gasteiger partial charge >= 0.3 is 0 Å². The van der Waals surface area contributed by atoms with Crippen molar-refractivity contribution in [3.63, 3.8) is 0 Å². The maximum Gasteiger partial charge on any atom is 0.231 e. The summed E-state index contributed by atoms with van der Waals surface area (Å²) in [5.74, 6) is 2.88. The van der Waals surface area contributed by atoms with Gasteiger partial charge in [0.05, 0.1) is 6.61 Å². The van der Waals surface area contributed by atoms with Gasteiger partial charge in [-0.25, -0.2) is 0 Å². The smallest absolute Gasteiger partial charge is 0.231 e. The van der Waals surface area contributed by atoms with Crippen molar-refractivity contribution in [3.8, 4) is 17.2 Å². The van der Waals surface area contributed by atoms with Gasteiger partial charge < -0.3 is 19.9 Å². The van der Waals surface area contributed by atoms with Gasteiger partial charge in [0.25, 0.3) is 0 Å². The number of nitrogens with two attached hydrogens (primary N) is 1. The van der Waals surface area contributed by atoms with Gasteiger partial charge in [-0.15, -0.1) is 0 Å². The van der Waals surface area contributed by atoms with E-state index in [9.17, 15) is 0 Å². The average Bonchev–Trinajstić information content (AvgIpc) is 2.73. The molecule has 0 aromatic heterocycles. The highest BCUT2D eigenvalue weighted by Crippen LogP contribution is 2.38. The molecule has 0 saturated carbocycles. The highest BCUT2D eigenvalue weighted by Gasteiger charge is 2.17. The summed E-state index contributed by atoms with van der Waals surface area (Å²) >= 11 is 0. The molecule has 2 N–H and O–H groups in total. The van der Waals surface area contributed by atoms with Gasteiger partial charge in [-0.3, -0.25) is 0 Å². The van der Waals surface area contributed by atoms with Crippen molar-refractivity contribution >= 4 is 0 Å². The molecular weight excluding hydrogens is 218 g/mol. The van der Waals surface area contributed by atoms with Crippen LogP contribution in [0.4, 0.5) is 0 Å². The zero-order valence-electron chi connectivity index (χ0n) is 10.4. The molecule has 1 aromatic rings. The van der Waals surface area contributed by atoms with Crippen molar-refractivity contribution < 1.29 is 14.2 Å². The number of fused-ring (bicyclic) bond motifs is 1. The molecule has 0 atom stereocenters. The van der Waals surface area contributed by atoms with Crippen LogP contribution in [-0.4, -0.2) is 19.9 Å². The second-order valence-electron chi connectivity index (χ2n) is 4.56. The van der Waals surface area contributed by atoms with E-state index < -0.39 is 0 Å². The van der Waals surface area contributed by atoms with Gasteiger partial charge in [-0.1, -0.05) is 13.8 Å². The molecule has 94 valence electrons. The van der Waals surface area contributed by atoms with E-state index in [1.807, 2.05) is 12.1 Å². The minimum Gasteiger partial charge on any atom is -0.493 e. The molecule has 0 radical (unpaired) electrons. The van der Waals surface area contributed by atoms with Crippen LogP contribution in [0.3, 0.4) is 0 Å². The number of hydrogen-bond donors (Lipinski definition) is 1. The fourth-order valence-electron chi connectivity index (χ4n) is 1.71. The lowest BCUT2D eigenvalue weighted by molar-refractivity contribution is 0.173. The lowest BCUT2D eigenvalue weighted by atomic mass is 10.1. The second kappa shape index (κ2) is 5.27. The number of ether oxygens (including phenoxy) is 3. The van der Waals surface area contributed by atoms with Crippen molar-refractivity contribution in [2.24, 2.45) is 11.7 Å². The largest absolute Gasteiger partial charge is 0.493 e. The molecule has 0 unspecified atom stereocenters. The third-order valence-corrected chi connectivity index (χ3v) is 2.54. The lowest BCUT2D eigenvalue weighted by Gasteiger charge is -2.13. The van der Waals surface area contributed by atoms with E-state index >= 15 is 0 Å². The molecule has 2 rings (SSSR count). The topological polar surface area (TPSA) is 53.7 Å². The third kappa shape index (κ3) is 2.82. The molecule has 4 heteroatoms. The maximum atomic E-state index is 5.79. The van der Waals surface area contributed by atoms with Gasteiger partial charge in [0.1, 0.15) is 5.75 Å². The van der Waals surface area contributed by atoms with Gasteiger partial charge in [0.15, 0.2) is 11.5 Å². The minimum absolute atomic E-state index is 0.283. The first-order chi connectivity index (χ1) is 8.20. The molecule has 0 amide bonds. The predicted octanol–water partition coefficient (Wildman–Crippen LogP) is 1.95. The van der Waals surface area contributed by atoms with Crippen LogP contribution in [0.25, 0.3) is 0 Å². The van der Waals surface area contributed by atoms with E-state index in [1.165, 1.54) is 0 Å². The Hall–Kier alpha value is -1.42. The normalized spacial score (nSPS) is 13.2. The highest BCUT2D eigenvalue weighted by molar-refractivity contribution is 5.52. The summed E-state index contributed by atoms with van der Waals surface area (Å²) in [7, 11) is 0. The summed E-state index contributed by atoms with van der Waals surface area (Å²) in [6.45, 7) is 5.81. The van der Waals surface area contributed by atoms with E-state index in [0.717, 1.165) is 29.2 Å². The lowest BCUT2D eigenvalue weighted by Crippen LogP contribution is -2.09. The summed E-state index contributed by atoms with van der Waals surface area (Å²) in [4.78, 5) is 0. The van der Waals surface area contributed by atoms with Crippen LogP contribution in [0.1, 0.15) is 19.4 Å². The fourth-order valence-corrected chi connectivity index (χ4v) is 1.71. The molecule has 17 heavy (non-hydrogen) atoms. The van der Waals surface area contributed by atoms with Crippen molar-refractivity contribution in [3.05, 3.63) is 17.7 Å². The van der Waals surface area contributed by atoms with Crippen LogP contribution in [0.15, 0.2) is 12.1 Å². The fraction of sp³-hybridized carbons (Fsp3) is 0.538. The van der Waals surface area contributed by atoms with E-state index in [2.05, 4.69) is 13.8 Å². The van der Waals surface area contributed by atoms with E-state index in [1.54, 1.807) is 0 Å². The van der Waals surface area contributed by atoms with Gasteiger partial charge in [0, 0.05) is 6.07 Å². The summed E-state index contributed by atoms with van der Waals surface area (Å²) in [6.07, 6.45) is 0.782. The first-order valence-corrected chi connectivity index (χ1v) is 5.96. The Kier molecular flexibility index (Phi) is 3.74. The van der Waals surface area contributed by atoms with E-state index in [0.29, 0.717) is 19.1 Å². The van der Waals surface area contributed by atoms with Crippen molar-refractivity contribution in [1.29, 1.82) is 0 Å². The van der Waals surface area contributed by atoms with Gasteiger partial charge in [-0.05, 0) is 30.5 Å². The van der Waals surface area contributed by atoms with Crippen LogP contribution < -0.4 is 19.9 Å². The highest BCUT2D eigenvalue weighted by atomic mass is 16.7. The van der Waals surface area contributed by atoms with Crippen molar-refractivity contribution in [2.45, 2.75) is 20.3 Å². The third-order valence-electron chi connectivity index (χ3n) is 2.54. The van der Waals surface area contributed by atoms with Crippen LogP contribution in [-0.2, 0) is 6.42 Å². The summed E-state index contributed by atoms with van der Waals surface area (Å²) in [6, 6.07) is 3.86. The summed E-state index contributed by atoms with van der Waals surface area (Å²) < 4.78 is 16.5. The SMILES string of the molecule is CC(C)COc1cc2c(cc1CCN)OCO2. The first kappa shape index (κ1) is 12.0. The quantitative estimate of drug-likeness (QED) is 0.850. The Morgan fingerprint density at radius 1 is 1.29 bits per heavy atom. The van der Waals surface area contributed by atoms with Crippen molar-refractivity contribution in [2.75, 3.05) is 19.9 Å². The van der Waals surface area contributed by atoms with Crippen molar-refractivity contribution in [1.82, 2.24) is 0 Å². The molecular formula is C13H19NO3. The molecule has 0 fully saturated rings. The van der Waals surface area contributed by atoms with E-state index in [-0.39, 0.29) is 6.79 Å². The Morgan fingerprint density at radius 3 is 2.65 bits per heavy atom. The molecule has 0 aliphatic carbocycles. The maximum absolute atomic E-state index is 5.79. The molecule has 1 aromatic carbocycles. The number of rotatable bonds is 5. The number of hydrogen-bond acceptors (Lipinski definition) is 4. The standard InChI is InChI=1S/C13H19NO3/c1-9(2)7-15-11-6-13-12(16-8-17-13)5-10(11)3-4-14/h5-6,9H,3-4,7-8,14H2,1-2H3. The van der Waals surface area contributed by atoms with Crippen LogP contribution in [0.5, 0.6) is 17.2 Å². The summed E-state index contributed by atoms with van der Waals surface area (Å²) in [5.41, 5.74) is 6.68. The molecule has 1 heterocycles. The Balaban J connectivity index is 2.21. The van der Waals surface area contributed by atoms with Gasteiger partial charge in [-0.2, -0.15) is 0 Å². The molecule has 1 aliphatic heterocycles. The predicted molar refractivity (Wildman–Crippen MR) is 65.7 cm³/mol. The second-order valence-corrected chi connectivity index (χ2v) is 4.56. The Morgan fingerprint density at radius 2 is 2.00 bits per heavy atom. The minimum atomic E-state index is 0.283. The molecule has 1 aliphatic rings. The Labute approximate surface area is 102 Å². The zero-order chi connectivity index (χ0) is 12.3. The first-order valence-electron chi connectivity index (χ1n) is 5.96. The van der Waals surface area contributed by atoms with Gasteiger partial charge in [0.2, 0.25) is 6.79 Å². The molecule has 0 spiro atoms. The molecule has 0 bridgehead atoms. The number of benzene rings is 1. The van der Waals surface area contributed by atoms with Crippen LogP contribution in [0.2, 0.25) is 0 Å². The van der Waals surface area contributed by atoms with Crippen LogP contribution in [0, 0.1) is 5.92 Å². The molecule has 0 saturated heterocycles. The monoisotopic (exact) mass is 237 g/mol. The van der Waals surface area contributed by atoms with Crippen LogP contribution >= 0.6 is 0 Å². The molecule has 4 nitrogen and oxygen atoms in total. The zero-order valence-corrected chi connectivity index (χ0v) is 10.4.